The summed E-state index contributed by atoms with van der Waals surface area (Å²) in [5, 5.41) is 23.6. The van der Waals surface area contributed by atoms with Gasteiger partial charge in [-0.1, -0.05) is 30.0 Å². The summed E-state index contributed by atoms with van der Waals surface area (Å²) in [7, 11) is 0. The van der Waals surface area contributed by atoms with Gasteiger partial charge in [-0.05, 0) is 29.1 Å². The first-order valence-corrected chi connectivity index (χ1v) is 10.8. The van der Waals surface area contributed by atoms with Crippen LogP contribution in [0.15, 0.2) is 52.4 Å². The molecule has 1 amide bonds. The lowest BCUT2D eigenvalue weighted by Crippen LogP contribution is -2.66. The fourth-order valence-electron chi connectivity index (χ4n) is 3.43. The van der Waals surface area contributed by atoms with Gasteiger partial charge >= 0.3 is 6.18 Å². The monoisotopic (exact) mass is 485 g/mol. The summed E-state index contributed by atoms with van der Waals surface area (Å²) < 4.78 is 56.1. The SMILES string of the molecule is N#CC1=C(SCC(N)=O)N[C@](O)(C(F)(F)F)[C@H](C(=O)c2cccs2)[C@H]1c1ccc(F)cc1. The minimum Gasteiger partial charge on any atom is -0.369 e. The summed E-state index contributed by atoms with van der Waals surface area (Å²) in [6.45, 7) is 0. The number of carbonyl (C=O) groups excluding carboxylic acids is 2. The van der Waals surface area contributed by atoms with Crippen LogP contribution in [0, 0.1) is 23.1 Å². The number of halogens is 4. The number of rotatable bonds is 6. The molecule has 0 bridgehead atoms. The van der Waals surface area contributed by atoms with E-state index in [1.54, 1.807) is 6.07 Å². The topological polar surface area (TPSA) is 116 Å². The molecule has 3 atom stereocenters. The maximum atomic E-state index is 14.2. The lowest BCUT2D eigenvalue weighted by Gasteiger charge is -2.45. The second-order valence-electron chi connectivity index (χ2n) is 6.85. The first-order chi connectivity index (χ1) is 15.0. The molecule has 1 aliphatic heterocycles. The number of primary amides is 1. The highest BCUT2D eigenvalue weighted by atomic mass is 32.2. The van der Waals surface area contributed by atoms with Crippen LogP contribution >= 0.6 is 23.1 Å². The van der Waals surface area contributed by atoms with Gasteiger partial charge in [0.25, 0.3) is 0 Å². The Balaban J connectivity index is 2.29. The number of nitrogens with one attached hydrogen (secondary N) is 1. The van der Waals surface area contributed by atoms with E-state index in [9.17, 15) is 37.5 Å². The van der Waals surface area contributed by atoms with E-state index in [1.165, 1.54) is 17.5 Å². The maximum Gasteiger partial charge on any atom is 0.437 e. The highest BCUT2D eigenvalue weighted by Crippen LogP contribution is 2.51. The Labute approximate surface area is 187 Å². The van der Waals surface area contributed by atoms with Crippen molar-refractivity contribution in [2.75, 3.05) is 5.75 Å². The van der Waals surface area contributed by atoms with Crippen LogP contribution in [0.25, 0.3) is 0 Å². The largest absolute Gasteiger partial charge is 0.437 e. The lowest BCUT2D eigenvalue weighted by atomic mass is 9.70. The van der Waals surface area contributed by atoms with Crippen molar-refractivity contribution in [1.29, 1.82) is 5.26 Å². The number of hydrogen-bond donors (Lipinski definition) is 3. The number of nitriles is 1. The van der Waals surface area contributed by atoms with Gasteiger partial charge in [0.15, 0.2) is 5.78 Å². The summed E-state index contributed by atoms with van der Waals surface area (Å²) in [5.74, 6) is -6.87. The Kier molecular flexibility index (Phi) is 6.64. The van der Waals surface area contributed by atoms with Crippen LogP contribution in [0.5, 0.6) is 0 Å². The standard InChI is InChI=1S/C20H15F4N3O3S2/c21-11-5-3-10(4-6-11)15-12(8-25)18(32-9-14(26)28)27-19(30,20(22,23)24)16(15)17(29)13-2-1-7-31-13/h1-7,15-16,27,30H,9H2,(H2,26,28)/t15-,16-,19+/m0/s1. The number of nitrogens with two attached hydrogens (primary N) is 1. The summed E-state index contributed by atoms with van der Waals surface area (Å²) >= 11 is 1.38. The molecule has 3 rings (SSSR count). The van der Waals surface area contributed by atoms with Gasteiger partial charge in [-0.3, -0.25) is 9.59 Å². The average Bonchev–Trinajstić information content (AvgIpc) is 3.26. The molecular weight excluding hydrogens is 470 g/mol. The van der Waals surface area contributed by atoms with Crippen molar-refractivity contribution in [3.8, 4) is 6.07 Å². The van der Waals surface area contributed by atoms with Crippen molar-refractivity contribution in [1.82, 2.24) is 5.32 Å². The molecule has 0 unspecified atom stereocenters. The molecule has 1 aromatic carbocycles. The van der Waals surface area contributed by atoms with Crippen LogP contribution in [0.1, 0.15) is 21.2 Å². The van der Waals surface area contributed by atoms with Crippen LogP contribution in [-0.4, -0.2) is 34.5 Å². The lowest BCUT2D eigenvalue weighted by molar-refractivity contribution is -0.285. The number of thiophene rings is 1. The van der Waals surface area contributed by atoms with E-state index in [4.69, 9.17) is 5.73 Å². The number of alkyl halides is 3. The van der Waals surface area contributed by atoms with Gasteiger partial charge in [-0.2, -0.15) is 18.4 Å². The van der Waals surface area contributed by atoms with Crippen molar-refractivity contribution in [2.24, 2.45) is 11.7 Å². The quantitative estimate of drug-likeness (QED) is 0.427. The second kappa shape index (κ2) is 8.93. The number of carbonyl (C=O) groups is 2. The third-order valence-corrected chi connectivity index (χ3v) is 6.75. The van der Waals surface area contributed by atoms with Crippen molar-refractivity contribution in [2.45, 2.75) is 17.8 Å². The molecule has 12 heteroatoms. The molecule has 32 heavy (non-hydrogen) atoms. The average molecular weight is 485 g/mol. The fraction of sp³-hybridized carbons (Fsp3) is 0.250. The predicted molar refractivity (Wildman–Crippen MR) is 110 cm³/mol. The minimum atomic E-state index is -5.36. The normalized spacial score (nSPS) is 23.4. The van der Waals surface area contributed by atoms with E-state index >= 15 is 0 Å². The zero-order chi connectivity index (χ0) is 23.7. The van der Waals surface area contributed by atoms with Crippen LogP contribution in [0.2, 0.25) is 0 Å². The molecular formula is C20H15F4N3O3S2. The molecule has 0 saturated heterocycles. The predicted octanol–water partition coefficient (Wildman–Crippen LogP) is 3.28. The number of Topliss-reactive ketones (excluding diaryl/α,β-unsaturated/α-hetero) is 1. The Hall–Kier alpha value is -2.88. The molecule has 4 N–H and O–H groups in total. The Bertz CT molecular complexity index is 1090. The smallest absolute Gasteiger partial charge is 0.369 e. The number of aliphatic hydroxyl groups is 1. The summed E-state index contributed by atoms with van der Waals surface area (Å²) in [6.07, 6.45) is -5.36. The number of amides is 1. The Morgan fingerprint density at radius 2 is 1.94 bits per heavy atom. The number of thioether (sulfide) groups is 1. The van der Waals surface area contributed by atoms with Gasteiger partial charge in [0, 0.05) is 5.92 Å². The molecule has 1 aliphatic rings. The molecule has 6 nitrogen and oxygen atoms in total. The number of ketones is 1. The minimum absolute atomic E-state index is 0.0132. The summed E-state index contributed by atoms with van der Waals surface area (Å²) in [4.78, 5) is 24.4. The Morgan fingerprint density at radius 3 is 2.44 bits per heavy atom. The van der Waals surface area contributed by atoms with Crippen LogP contribution in [0.3, 0.4) is 0 Å². The molecule has 0 fully saturated rings. The van der Waals surface area contributed by atoms with E-state index in [2.05, 4.69) is 0 Å². The van der Waals surface area contributed by atoms with E-state index in [1.807, 2.05) is 5.32 Å². The molecule has 2 aromatic rings. The van der Waals surface area contributed by atoms with Gasteiger partial charge in [0.1, 0.15) is 5.82 Å². The van der Waals surface area contributed by atoms with E-state index in [0.29, 0.717) is 11.8 Å². The third-order valence-electron chi connectivity index (χ3n) is 4.83. The number of hydrogen-bond acceptors (Lipinski definition) is 7. The van der Waals surface area contributed by atoms with Gasteiger partial charge in [-0.15, -0.1) is 11.3 Å². The highest BCUT2D eigenvalue weighted by molar-refractivity contribution is 8.03. The van der Waals surface area contributed by atoms with Crippen molar-refractivity contribution in [3.63, 3.8) is 0 Å². The van der Waals surface area contributed by atoms with Gasteiger partial charge in [-0.25, -0.2) is 4.39 Å². The number of allylic oxidation sites excluding steroid dienone is 1. The first kappa shape index (κ1) is 23.8. The molecule has 2 heterocycles. The molecule has 168 valence electrons. The van der Waals surface area contributed by atoms with Gasteiger partial charge in [0.2, 0.25) is 11.6 Å². The van der Waals surface area contributed by atoms with Crippen molar-refractivity contribution >= 4 is 34.8 Å². The third kappa shape index (κ3) is 4.36. The zero-order valence-electron chi connectivity index (χ0n) is 16.0. The van der Waals surface area contributed by atoms with E-state index < -0.39 is 52.0 Å². The highest BCUT2D eigenvalue weighted by Gasteiger charge is 2.66. The summed E-state index contributed by atoms with van der Waals surface area (Å²) in [5.41, 5.74) is 0.995. The van der Waals surface area contributed by atoms with Crippen molar-refractivity contribution in [3.05, 3.63) is 68.6 Å². The van der Waals surface area contributed by atoms with Crippen LogP contribution < -0.4 is 11.1 Å². The molecule has 0 aliphatic carbocycles. The second-order valence-corrected chi connectivity index (χ2v) is 8.78. The van der Waals surface area contributed by atoms with Gasteiger partial charge < -0.3 is 16.2 Å². The van der Waals surface area contributed by atoms with Crippen LogP contribution in [-0.2, 0) is 4.79 Å². The van der Waals surface area contributed by atoms with Crippen molar-refractivity contribution < 1.29 is 32.3 Å². The van der Waals surface area contributed by atoms with Crippen LogP contribution in [0.4, 0.5) is 17.6 Å². The first-order valence-electron chi connectivity index (χ1n) is 8.95. The molecule has 0 saturated carbocycles. The van der Waals surface area contributed by atoms with Gasteiger partial charge in [0.05, 0.1) is 33.2 Å². The maximum absolute atomic E-state index is 14.2. The Morgan fingerprint density at radius 1 is 1.28 bits per heavy atom. The number of benzene rings is 1. The molecule has 0 spiro atoms. The fourth-order valence-corrected chi connectivity index (χ4v) is 4.98. The zero-order valence-corrected chi connectivity index (χ0v) is 17.7. The van der Waals surface area contributed by atoms with E-state index in [-0.39, 0.29) is 16.0 Å². The molecule has 0 radical (unpaired) electrons. The number of nitrogens with zero attached hydrogens (tertiary/aromatic N) is 1. The summed E-state index contributed by atoms with van der Waals surface area (Å²) in [6, 6.07) is 8.78. The van der Waals surface area contributed by atoms with E-state index in [0.717, 1.165) is 35.6 Å². The molecule has 1 aromatic heterocycles.